The number of esters is 1. The van der Waals surface area contributed by atoms with Crippen LogP contribution >= 0.6 is 0 Å². The lowest BCUT2D eigenvalue weighted by atomic mass is 9.60. The zero-order valence-corrected chi connectivity index (χ0v) is 34.8. The van der Waals surface area contributed by atoms with Gasteiger partial charge in [0.2, 0.25) is 0 Å². The van der Waals surface area contributed by atoms with Crippen LogP contribution in [0.25, 0.3) is 43.8 Å². The number of fused-ring (bicyclic) bond motifs is 3. The van der Waals surface area contributed by atoms with Crippen molar-refractivity contribution < 1.29 is 14.3 Å². The van der Waals surface area contributed by atoms with E-state index in [9.17, 15) is 4.79 Å². The molecule has 0 amide bonds. The summed E-state index contributed by atoms with van der Waals surface area (Å²) in [6.07, 6.45) is 16.2. The van der Waals surface area contributed by atoms with Gasteiger partial charge < -0.3 is 9.47 Å². The monoisotopic (exact) mass is 792 g/mol. The van der Waals surface area contributed by atoms with Gasteiger partial charge in [0.05, 0.1) is 5.56 Å². The standard InChI is InChI=1S/C58H48O3/c1-36-11-31-50-45-23-17-40(18-24-45)39-15-13-38(14-16-39)35-60-52-33-29-43-7-3-5-9-48(43)56(52)57-49-10-6-4-8-44(49)30-34-53(57)61-58(59)47-27-21-42(22-28-47)41-19-25-46(26-20-41)51-32-12-37(2)54(36)55(50)51/h3-10,13-17,19,21-23,25,27-30,33-34,36-37,50-51H,11-12,20,26,31-32,35H2,1-2H3. The van der Waals surface area contributed by atoms with Gasteiger partial charge in [0.15, 0.2) is 0 Å². The lowest BCUT2D eigenvalue weighted by Gasteiger charge is -2.44. The smallest absolute Gasteiger partial charge is 0.343 e. The van der Waals surface area contributed by atoms with Crippen LogP contribution in [0, 0.1) is 23.7 Å². The Balaban J connectivity index is 1.06. The van der Waals surface area contributed by atoms with Gasteiger partial charge in [0.25, 0.3) is 0 Å². The zero-order valence-electron chi connectivity index (χ0n) is 34.8. The molecule has 298 valence electrons. The summed E-state index contributed by atoms with van der Waals surface area (Å²) < 4.78 is 13.2. The molecular formula is C58H48O3. The second kappa shape index (κ2) is 15.4. The van der Waals surface area contributed by atoms with E-state index in [2.05, 4.69) is 116 Å². The summed E-state index contributed by atoms with van der Waals surface area (Å²) in [6.45, 7) is 5.28. The average molecular weight is 793 g/mol. The molecule has 4 unspecified atom stereocenters. The van der Waals surface area contributed by atoms with Crippen LogP contribution in [-0.2, 0) is 6.61 Å². The third-order valence-electron chi connectivity index (χ3n) is 14.1. The minimum Gasteiger partial charge on any atom is -0.488 e. The van der Waals surface area contributed by atoms with Crippen LogP contribution < -0.4 is 9.47 Å². The minimum absolute atomic E-state index is 0.370. The van der Waals surface area contributed by atoms with Crippen molar-refractivity contribution in [3.05, 3.63) is 202 Å². The van der Waals surface area contributed by atoms with Crippen LogP contribution in [-0.4, -0.2) is 5.97 Å². The fraction of sp³-hybridized carbons (Fsp3) is 0.224. The number of carbonyl (C=O) groups excluding carboxylic acids is 1. The Bertz CT molecular complexity index is 3000. The molecule has 0 radical (unpaired) electrons. The van der Waals surface area contributed by atoms with Crippen LogP contribution in [0.4, 0.5) is 0 Å². The van der Waals surface area contributed by atoms with Crippen molar-refractivity contribution >= 4 is 38.7 Å². The highest BCUT2D eigenvalue weighted by Gasteiger charge is 2.40. The molecule has 61 heavy (non-hydrogen) atoms. The molecule has 3 nitrogen and oxygen atoms in total. The number of ether oxygens (including phenoxy) is 2. The molecule has 4 atom stereocenters. The molecule has 6 heterocycles. The number of hydrogen-bond acceptors (Lipinski definition) is 3. The number of allylic oxidation sites excluding steroid dienone is 10. The first-order chi connectivity index (χ1) is 30.0. The van der Waals surface area contributed by atoms with Gasteiger partial charge in [0.1, 0.15) is 18.1 Å². The van der Waals surface area contributed by atoms with E-state index < -0.39 is 5.97 Å². The topological polar surface area (TPSA) is 35.5 Å². The number of carbonyl (C=O) groups is 1. The Morgan fingerprint density at radius 3 is 1.87 bits per heavy atom. The molecule has 0 fully saturated rings. The Morgan fingerprint density at radius 2 is 1.20 bits per heavy atom. The molecule has 16 rings (SSSR count). The molecule has 10 aliphatic rings. The fourth-order valence-electron chi connectivity index (χ4n) is 11.0. The first-order valence-corrected chi connectivity index (χ1v) is 22.1. The van der Waals surface area contributed by atoms with Crippen LogP contribution in [0.5, 0.6) is 11.5 Å². The first kappa shape index (κ1) is 37.4. The molecule has 3 heteroatoms. The molecular weight excluding hydrogens is 745 g/mol. The summed E-state index contributed by atoms with van der Waals surface area (Å²) in [7, 11) is 0. The Kier molecular flexibility index (Phi) is 9.46. The second-order valence-electron chi connectivity index (χ2n) is 17.6. The SMILES string of the molecule is CC1CCC2C3=C=C=C(C=C3)c3ccc(cc3)COc3ccc4ccccc4c3-c3c(ccc4ccccc34)OC(=O)c3ccc(cc3)C3=CC=C(CC3)C3CCC(C)C1=C23. The van der Waals surface area contributed by atoms with Crippen molar-refractivity contribution in [1.82, 2.24) is 0 Å². The van der Waals surface area contributed by atoms with Gasteiger partial charge in [-0.1, -0.05) is 151 Å². The van der Waals surface area contributed by atoms with E-state index in [1.807, 2.05) is 54.6 Å². The predicted octanol–water partition coefficient (Wildman–Crippen LogP) is 14.6. The van der Waals surface area contributed by atoms with Gasteiger partial charge in [-0.05, 0) is 131 Å². The van der Waals surface area contributed by atoms with Gasteiger partial charge in [-0.2, -0.15) is 0 Å². The summed E-state index contributed by atoms with van der Waals surface area (Å²) in [6, 6.07) is 41.3. The summed E-state index contributed by atoms with van der Waals surface area (Å²) in [4.78, 5) is 14.1. The molecule has 6 aromatic carbocycles. The Hall–Kier alpha value is -6.63. The van der Waals surface area contributed by atoms with Crippen molar-refractivity contribution in [2.24, 2.45) is 23.7 Å². The number of rotatable bonds is 0. The van der Waals surface area contributed by atoms with Gasteiger partial charge in [0, 0.05) is 34.1 Å². The predicted molar refractivity (Wildman–Crippen MR) is 248 cm³/mol. The molecule has 8 bridgehead atoms. The van der Waals surface area contributed by atoms with Gasteiger partial charge in [-0.25, -0.2) is 4.79 Å². The van der Waals surface area contributed by atoms with Crippen LogP contribution in [0.15, 0.2) is 179 Å². The normalized spacial score (nSPS) is 22.1. The van der Waals surface area contributed by atoms with E-state index >= 15 is 0 Å². The van der Waals surface area contributed by atoms with Crippen LogP contribution in [0.3, 0.4) is 0 Å². The van der Waals surface area contributed by atoms with E-state index in [0.717, 1.165) is 79.9 Å². The molecule has 0 saturated carbocycles. The van der Waals surface area contributed by atoms with E-state index in [1.165, 1.54) is 30.4 Å². The summed E-state index contributed by atoms with van der Waals surface area (Å²) >= 11 is 0. The fourth-order valence-corrected chi connectivity index (χ4v) is 11.0. The third kappa shape index (κ3) is 6.76. The van der Waals surface area contributed by atoms with Gasteiger partial charge in [-0.3, -0.25) is 0 Å². The van der Waals surface area contributed by atoms with Crippen LogP contribution in [0.2, 0.25) is 0 Å². The molecule has 0 aromatic heterocycles. The van der Waals surface area contributed by atoms with Crippen molar-refractivity contribution in [1.29, 1.82) is 0 Å². The summed E-state index contributed by atoms with van der Waals surface area (Å²) in [5.74, 6) is 2.88. The number of benzene rings is 6. The highest BCUT2D eigenvalue weighted by atomic mass is 16.5. The lowest BCUT2D eigenvalue weighted by molar-refractivity contribution is 0.0735. The van der Waals surface area contributed by atoms with E-state index in [1.54, 1.807) is 16.7 Å². The summed E-state index contributed by atoms with van der Waals surface area (Å²) in [5.41, 5.74) is 21.4. The van der Waals surface area contributed by atoms with Crippen molar-refractivity contribution in [3.63, 3.8) is 0 Å². The summed E-state index contributed by atoms with van der Waals surface area (Å²) in [5, 5.41) is 4.13. The molecule has 6 aliphatic heterocycles. The van der Waals surface area contributed by atoms with Gasteiger partial charge >= 0.3 is 5.97 Å². The van der Waals surface area contributed by atoms with Crippen molar-refractivity contribution in [2.75, 3.05) is 0 Å². The van der Waals surface area contributed by atoms with Crippen LogP contribution in [0.1, 0.15) is 79.4 Å². The average Bonchev–Trinajstić information content (AvgIpc) is 3.31. The van der Waals surface area contributed by atoms with Crippen molar-refractivity contribution in [3.8, 4) is 22.6 Å². The Morgan fingerprint density at radius 1 is 0.557 bits per heavy atom. The lowest BCUT2D eigenvalue weighted by Crippen LogP contribution is -2.32. The maximum atomic E-state index is 14.1. The molecule has 0 saturated heterocycles. The van der Waals surface area contributed by atoms with E-state index in [-0.39, 0.29) is 0 Å². The van der Waals surface area contributed by atoms with E-state index in [0.29, 0.717) is 41.6 Å². The van der Waals surface area contributed by atoms with Crippen molar-refractivity contribution in [2.45, 2.75) is 59.0 Å². The quantitative estimate of drug-likeness (QED) is 0.0665. The minimum atomic E-state index is -0.391. The zero-order chi connectivity index (χ0) is 41.0. The van der Waals surface area contributed by atoms with E-state index in [4.69, 9.17) is 9.47 Å². The first-order valence-electron chi connectivity index (χ1n) is 22.1. The van der Waals surface area contributed by atoms with Gasteiger partial charge in [-0.15, -0.1) is 0 Å². The maximum absolute atomic E-state index is 14.1. The third-order valence-corrected chi connectivity index (χ3v) is 14.1. The second-order valence-corrected chi connectivity index (χ2v) is 17.6. The highest BCUT2D eigenvalue weighted by molar-refractivity contribution is 6.10. The molecule has 0 N–H and O–H groups in total. The Labute approximate surface area is 358 Å². The highest BCUT2D eigenvalue weighted by Crippen LogP contribution is 2.53. The number of hydrogen-bond donors (Lipinski definition) is 0. The largest absolute Gasteiger partial charge is 0.488 e. The molecule has 0 spiro atoms. The molecule has 6 aromatic rings. The molecule has 4 aliphatic carbocycles. The maximum Gasteiger partial charge on any atom is 0.343 e.